The zero-order valence-corrected chi connectivity index (χ0v) is 13.8. The van der Waals surface area contributed by atoms with Crippen LogP contribution in [0.4, 0.5) is 10.1 Å². The molecule has 5 nitrogen and oxygen atoms in total. The van der Waals surface area contributed by atoms with Gasteiger partial charge in [0.2, 0.25) is 10.0 Å². The summed E-state index contributed by atoms with van der Waals surface area (Å²) in [7, 11) is -2.08. The maximum absolute atomic E-state index is 13.0. The number of hydrogen-bond donors (Lipinski definition) is 1. The van der Waals surface area contributed by atoms with Crippen molar-refractivity contribution in [2.45, 2.75) is 0 Å². The number of benzene rings is 2. The smallest absolute Gasteiger partial charge is 0.236 e. The van der Waals surface area contributed by atoms with Crippen LogP contribution in [-0.2, 0) is 10.0 Å². The van der Waals surface area contributed by atoms with E-state index in [-0.39, 0.29) is 23.1 Å². The van der Waals surface area contributed by atoms with Crippen molar-refractivity contribution in [2.75, 3.05) is 24.2 Å². The highest BCUT2D eigenvalue weighted by atomic mass is 35.5. The van der Waals surface area contributed by atoms with Crippen LogP contribution >= 0.6 is 11.6 Å². The molecular formula is C15H15ClFNO4S. The van der Waals surface area contributed by atoms with E-state index in [2.05, 4.69) is 4.72 Å². The third-order valence-electron chi connectivity index (χ3n) is 2.87. The van der Waals surface area contributed by atoms with E-state index >= 15 is 0 Å². The number of rotatable bonds is 7. The van der Waals surface area contributed by atoms with Crippen LogP contribution in [0, 0.1) is 5.82 Å². The van der Waals surface area contributed by atoms with Crippen molar-refractivity contribution in [1.82, 2.24) is 0 Å². The average molecular weight is 360 g/mol. The summed E-state index contributed by atoms with van der Waals surface area (Å²) in [5, 5.41) is -0.153. The molecule has 2 rings (SSSR count). The highest BCUT2D eigenvalue weighted by Crippen LogP contribution is 2.20. The minimum absolute atomic E-state index is 0.0312. The van der Waals surface area contributed by atoms with Crippen molar-refractivity contribution in [2.24, 2.45) is 0 Å². The van der Waals surface area contributed by atoms with E-state index in [1.807, 2.05) is 0 Å². The number of anilines is 1. The van der Waals surface area contributed by atoms with Gasteiger partial charge >= 0.3 is 0 Å². The lowest BCUT2D eigenvalue weighted by atomic mass is 10.3. The molecule has 0 aliphatic carbocycles. The minimum atomic E-state index is -3.63. The summed E-state index contributed by atoms with van der Waals surface area (Å²) < 4.78 is 49.6. The molecule has 8 heteroatoms. The fourth-order valence-corrected chi connectivity index (χ4v) is 2.80. The van der Waals surface area contributed by atoms with Gasteiger partial charge in [0.05, 0.1) is 17.8 Å². The molecule has 1 N–H and O–H groups in total. The fraction of sp³-hybridized carbons (Fsp3) is 0.200. The maximum Gasteiger partial charge on any atom is 0.236 e. The van der Waals surface area contributed by atoms with Gasteiger partial charge in [-0.3, -0.25) is 4.72 Å². The first kappa shape index (κ1) is 17.4. The second kappa shape index (κ2) is 7.52. The first-order valence-electron chi connectivity index (χ1n) is 6.62. The van der Waals surface area contributed by atoms with Gasteiger partial charge in [-0.15, -0.1) is 0 Å². The first-order chi connectivity index (χ1) is 10.9. The Kier molecular flexibility index (Phi) is 5.68. The molecule has 0 aromatic heterocycles. The molecule has 0 amide bonds. The molecule has 0 aliphatic rings. The van der Waals surface area contributed by atoms with Gasteiger partial charge in [-0.1, -0.05) is 11.6 Å². The maximum atomic E-state index is 13.0. The van der Waals surface area contributed by atoms with Crippen LogP contribution in [-0.4, -0.2) is 27.9 Å². The van der Waals surface area contributed by atoms with Crippen molar-refractivity contribution in [3.05, 3.63) is 53.3 Å². The summed E-state index contributed by atoms with van der Waals surface area (Å²) in [6, 6.07) is 10.4. The Balaban J connectivity index is 1.89. The van der Waals surface area contributed by atoms with Crippen LogP contribution in [0.5, 0.6) is 11.5 Å². The highest BCUT2D eigenvalue weighted by molar-refractivity contribution is 7.92. The predicted octanol–water partition coefficient (Wildman–Crippen LogP) is 3.31. The van der Waals surface area contributed by atoms with Crippen molar-refractivity contribution in [1.29, 1.82) is 0 Å². The van der Waals surface area contributed by atoms with E-state index in [0.29, 0.717) is 11.5 Å². The molecule has 2 aromatic carbocycles. The summed E-state index contributed by atoms with van der Waals surface area (Å²) in [6.07, 6.45) is 0. The molecule has 0 spiro atoms. The van der Waals surface area contributed by atoms with E-state index in [0.717, 1.165) is 6.07 Å². The molecule has 0 fully saturated rings. The normalized spacial score (nSPS) is 11.1. The Hall–Kier alpha value is -1.99. The van der Waals surface area contributed by atoms with Crippen molar-refractivity contribution in [3.8, 4) is 11.5 Å². The van der Waals surface area contributed by atoms with Gasteiger partial charge < -0.3 is 9.47 Å². The topological polar surface area (TPSA) is 64.6 Å². The number of ether oxygens (including phenoxy) is 2. The zero-order chi connectivity index (χ0) is 16.9. The van der Waals surface area contributed by atoms with Gasteiger partial charge in [0.15, 0.2) is 0 Å². The lowest BCUT2D eigenvalue weighted by molar-refractivity contribution is 0.340. The van der Waals surface area contributed by atoms with Crippen molar-refractivity contribution in [3.63, 3.8) is 0 Å². The SMILES string of the molecule is COc1ccc(OCCS(=O)(=O)Nc2ccc(F)c(Cl)c2)cc1. The summed E-state index contributed by atoms with van der Waals surface area (Å²) in [4.78, 5) is 0. The largest absolute Gasteiger partial charge is 0.497 e. The third-order valence-corrected chi connectivity index (χ3v) is 4.41. The summed E-state index contributed by atoms with van der Waals surface area (Å²) >= 11 is 5.61. The summed E-state index contributed by atoms with van der Waals surface area (Å²) in [6.45, 7) is -0.0312. The third kappa shape index (κ3) is 5.30. The second-order valence-electron chi connectivity index (χ2n) is 4.57. The monoisotopic (exact) mass is 359 g/mol. The van der Waals surface area contributed by atoms with Crippen molar-refractivity contribution < 1.29 is 22.3 Å². The molecule has 0 atom stereocenters. The summed E-state index contributed by atoms with van der Waals surface area (Å²) in [5.41, 5.74) is 0.195. The Morgan fingerprint density at radius 1 is 1.13 bits per heavy atom. The van der Waals surface area contributed by atoms with Gasteiger partial charge in [0.25, 0.3) is 0 Å². The Bertz CT molecular complexity index is 766. The van der Waals surface area contributed by atoms with Crippen LogP contribution in [0.15, 0.2) is 42.5 Å². The van der Waals surface area contributed by atoms with E-state index < -0.39 is 15.8 Å². The Morgan fingerprint density at radius 3 is 2.39 bits per heavy atom. The van der Waals surface area contributed by atoms with Crippen LogP contribution in [0.3, 0.4) is 0 Å². The number of halogens is 2. The molecule has 0 aliphatic heterocycles. The second-order valence-corrected chi connectivity index (χ2v) is 6.82. The fourth-order valence-electron chi connectivity index (χ4n) is 1.73. The van der Waals surface area contributed by atoms with Crippen LogP contribution in [0.1, 0.15) is 0 Å². The predicted molar refractivity (Wildman–Crippen MR) is 87.3 cm³/mol. The number of methoxy groups -OCH3 is 1. The van der Waals surface area contributed by atoms with Gasteiger partial charge in [0.1, 0.15) is 29.7 Å². The molecule has 0 unspecified atom stereocenters. The van der Waals surface area contributed by atoms with Crippen molar-refractivity contribution >= 4 is 27.3 Å². The highest BCUT2D eigenvalue weighted by Gasteiger charge is 2.12. The Morgan fingerprint density at radius 2 is 1.78 bits per heavy atom. The van der Waals surface area contributed by atoms with Gasteiger partial charge in [0, 0.05) is 0 Å². The first-order valence-corrected chi connectivity index (χ1v) is 8.65. The molecule has 23 heavy (non-hydrogen) atoms. The van der Waals surface area contributed by atoms with Crippen LogP contribution in [0.25, 0.3) is 0 Å². The number of sulfonamides is 1. The lowest BCUT2D eigenvalue weighted by Gasteiger charge is -2.10. The van der Waals surface area contributed by atoms with E-state index in [9.17, 15) is 12.8 Å². The van der Waals surface area contributed by atoms with Crippen LogP contribution in [0.2, 0.25) is 5.02 Å². The van der Waals surface area contributed by atoms with Gasteiger partial charge in [-0.2, -0.15) is 0 Å². The Labute approximate surface area is 139 Å². The average Bonchev–Trinajstić information content (AvgIpc) is 2.51. The molecule has 0 bridgehead atoms. The van der Waals surface area contributed by atoms with Crippen LogP contribution < -0.4 is 14.2 Å². The molecule has 124 valence electrons. The number of nitrogens with one attached hydrogen (secondary N) is 1. The van der Waals surface area contributed by atoms with Gasteiger partial charge in [-0.05, 0) is 42.5 Å². The van der Waals surface area contributed by atoms with Gasteiger partial charge in [-0.25, -0.2) is 12.8 Å². The molecule has 2 aromatic rings. The summed E-state index contributed by atoms with van der Waals surface area (Å²) in [5.74, 6) is 0.344. The number of hydrogen-bond acceptors (Lipinski definition) is 4. The van der Waals surface area contributed by atoms with E-state index in [4.69, 9.17) is 21.1 Å². The molecule has 0 radical (unpaired) electrons. The standard InChI is InChI=1S/C15H15ClFNO4S/c1-21-12-3-5-13(6-4-12)22-8-9-23(19,20)18-11-2-7-15(17)14(16)10-11/h2-7,10,18H,8-9H2,1H3. The molecule has 0 saturated heterocycles. The van der Waals surface area contributed by atoms with E-state index in [1.54, 1.807) is 31.4 Å². The molecule has 0 saturated carbocycles. The molecule has 0 heterocycles. The van der Waals surface area contributed by atoms with E-state index in [1.165, 1.54) is 12.1 Å². The molecular weight excluding hydrogens is 345 g/mol. The zero-order valence-electron chi connectivity index (χ0n) is 12.3. The minimum Gasteiger partial charge on any atom is -0.497 e. The quantitative estimate of drug-likeness (QED) is 0.823. The lowest BCUT2D eigenvalue weighted by Crippen LogP contribution is -2.21.